The number of ketones is 1. The minimum Gasteiger partial charge on any atom is -0.507 e. The average molecular weight is 407 g/mol. The molecule has 1 saturated heterocycles. The average Bonchev–Trinajstić information content (AvgIpc) is 3.03. The monoisotopic (exact) mass is 407 g/mol. The third kappa shape index (κ3) is 4.44. The number of carbonyl (C=O) groups excluding carboxylic acids is 2. The molecular weight excluding hydrogens is 382 g/mol. The van der Waals surface area contributed by atoms with Crippen LogP contribution in [0.25, 0.3) is 5.76 Å². The van der Waals surface area contributed by atoms with E-state index >= 15 is 0 Å². The first-order valence-electron chi connectivity index (χ1n) is 9.75. The van der Waals surface area contributed by atoms with Crippen molar-refractivity contribution in [3.05, 3.63) is 84.0 Å². The van der Waals surface area contributed by atoms with Crippen LogP contribution in [0.15, 0.2) is 72.8 Å². The molecule has 1 atom stereocenters. The second-order valence-corrected chi connectivity index (χ2v) is 6.87. The smallest absolute Gasteiger partial charge is 0.295 e. The number of carbonyl (C=O) groups is 2. The summed E-state index contributed by atoms with van der Waals surface area (Å²) < 4.78 is 10.5. The van der Waals surface area contributed by atoms with Crippen LogP contribution < -0.4 is 4.74 Å². The molecule has 30 heavy (non-hydrogen) atoms. The van der Waals surface area contributed by atoms with E-state index in [2.05, 4.69) is 6.58 Å². The van der Waals surface area contributed by atoms with E-state index in [1.807, 2.05) is 30.3 Å². The quantitative estimate of drug-likeness (QED) is 0.225. The Balaban J connectivity index is 2.01. The summed E-state index contributed by atoms with van der Waals surface area (Å²) in [4.78, 5) is 27.1. The van der Waals surface area contributed by atoms with E-state index in [-0.39, 0.29) is 11.3 Å². The molecule has 1 unspecified atom stereocenters. The number of Topliss-reactive ketones (excluding diaryl/α,β-unsaturated/α-hetero) is 1. The van der Waals surface area contributed by atoms with E-state index < -0.39 is 17.7 Å². The van der Waals surface area contributed by atoms with E-state index in [1.165, 1.54) is 4.90 Å². The second-order valence-electron chi connectivity index (χ2n) is 6.87. The Morgan fingerprint density at radius 1 is 1.13 bits per heavy atom. The maximum absolute atomic E-state index is 12.9. The molecule has 0 saturated carbocycles. The third-order valence-corrected chi connectivity index (χ3v) is 4.90. The van der Waals surface area contributed by atoms with Gasteiger partial charge in [-0.1, -0.05) is 43.0 Å². The van der Waals surface area contributed by atoms with Gasteiger partial charge in [-0.05, 0) is 36.2 Å². The van der Waals surface area contributed by atoms with E-state index in [0.29, 0.717) is 37.5 Å². The molecule has 0 aromatic heterocycles. The number of aliphatic hydroxyl groups excluding tert-OH is 1. The molecule has 6 nitrogen and oxygen atoms in total. The lowest BCUT2D eigenvalue weighted by atomic mass is 9.95. The predicted molar refractivity (Wildman–Crippen MR) is 114 cm³/mol. The maximum Gasteiger partial charge on any atom is 0.295 e. The van der Waals surface area contributed by atoms with Gasteiger partial charge in [0, 0.05) is 25.8 Å². The summed E-state index contributed by atoms with van der Waals surface area (Å²) >= 11 is 0. The lowest BCUT2D eigenvalue weighted by molar-refractivity contribution is -0.140. The summed E-state index contributed by atoms with van der Waals surface area (Å²) in [6.07, 6.45) is 2.22. The van der Waals surface area contributed by atoms with Gasteiger partial charge in [0.25, 0.3) is 11.7 Å². The SMILES string of the molecule is C=CCOc1ccc(/C(O)=C2/C(=O)C(=O)N(CCCOC)C2c2ccccc2)cc1. The van der Waals surface area contributed by atoms with Gasteiger partial charge < -0.3 is 19.5 Å². The predicted octanol–water partition coefficient (Wildman–Crippen LogP) is 3.71. The van der Waals surface area contributed by atoms with Gasteiger partial charge in [0.15, 0.2) is 0 Å². The van der Waals surface area contributed by atoms with Crippen molar-refractivity contribution in [2.24, 2.45) is 0 Å². The number of methoxy groups -OCH3 is 1. The fourth-order valence-electron chi connectivity index (χ4n) is 3.49. The van der Waals surface area contributed by atoms with Crippen molar-refractivity contribution in [3.63, 3.8) is 0 Å². The van der Waals surface area contributed by atoms with Gasteiger partial charge in [-0.15, -0.1) is 0 Å². The Labute approximate surface area is 176 Å². The van der Waals surface area contributed by atoms with Gasteiger partial charge >= 0.3 is 0 Å². The Morgan fingerprint density at radius 3 is 2.47 bits per heavy atom. The van der Waals surface area contributed by atoms with Crippen molar-refractivity contribution in [3.8, 4) is 5.75 Å². The van der Waals surface area contributed by atoms with Gasteiger partial charge in [-0.2, -0.15) is 0 Å². The molecule has 1 aliphatic heterocycles. The highest BCUT2D eigenvalue weighted by Crippen LogP contribution is 2.39. The normalized spacial score (nSPS) is 17.9. The number of benzene rings is 2. The fraction of sp³-hybridized carbons (Fsp3) is 0.250. The largest absolute Gasteiger partial charge is 0.507 e. The Kier molecular flexibility index (Phi) is 7.03. The van der Waals surface area contributed by atoms with Crippen molar-refractivity contribution in [2.45, 2.75) is 12.5 Å². The first-order valence-corrected chi connectivity index (χ1v) is 9.75. The number of aliphatic hydroxyl groups is 1. The van der Waals surface area contributed by atoms with Crippen LogP contribution >= 0.6 is 0 Å². The molecule has 1 fully saturated rings. The standard InChI is InChI=1S/C24H25NO5/c1-3-15-30-19-12-10-18(11-13-19)22(26)20-21(17-8-5-4-6-9-17)25(14-7-16-29-2)24(28)23(20)27/h3-6,8-13,21,26H,1,7,14-16H2,2H3/b22-20-. The minimum absolute atomic E-state index is 0.0865. The Hall–Kier alpha value is -3.38. The van der Waals surface area contributed by atoms with Gasteiger partial charge in [-0.25, -0.2) is 0 Å². The first kappa shape index (κ1) is 21.3. The number of ether oxygens (including phenoxy) is 2. The second kappa shape index (κ2) is 9.89. The number of likely N-dealkylation sites (tertiary alicyclic amines) is 1. The summed E-state index contributed by atoms with van der Waals surface area (Å²) in [5.74, 6) is -0.893. The lowest BCUT2D eigenvalue weighted by Gasteiger charge is -2.25. The minimum atomic E-state index is -0.689. The zero-order chi connectivity index (χ0) is 21.5. The van der Waals surface area contributed by atoms with Gasteiger partial charge in [-0.3, -0.25) is 9.59 Å². The van der Waals surface area contributed by atoms with Crippen molar-refractivity contribution >= 4 is 17.4 Å². The molecule has 0 spiro atoms. The number of nitrogens with zero attached hydrogens (tertiary/aromatic N) is 1. The summed E-state index contributed by atoms with van der Waals surface area (Å²) in [7, 11) is 1.59. The van der Waals surface area contributed by atoms with E-state index in [0.717, 1.165) is 5.56 Å². The van der Waals surface area contributed by atoms with Crippen LogP contribution in [0.2, 0.25) is 0 Å². The highest BCUT2D eigenvalue weighted by atomic mass is 16.5. The van der Waals surface area contributed by atoms with E-state index in [9.17, 15) is 14.7 Å². The summed E-state index contributed by atoms with van der Waals surface area (Å²) in [5, 5.41) is 11.0. The van der Waals surface area contributed by atoms with E-state index in [4.69, 9.17) is 9.47 Å². The van der Waals surface area contributed by atoms with Crippen LogP contribution in [0.4, 0.5) is 0 Å². The zero-order valence-electron chi connectivity index (χ0n) is 16.9. The highest BCUT2D eigenvalue weighted by Gasteiger charge is 2.45. The van der Waals surface area contributed by atoms with Crippen molar-refractivity contribution in [1.29, 1.82) is 0 Å². The molecule has 156 valence electrons. The highest BCUT2D eigenvalue weighted by molar-refractivity contribution is 6.46. The molecule has 1 aliphatic rings. The molecule has 2 aromatic rings. The molecule has 1 amide bonds. The molecule has 0 aliphatic carbocycles. The Bertz CT molecular complexity index is 934. The lowest BCUT2D eigenvalue weighted by Crippen LogP contribution is -2.31. The number of rotatable bonds is 9. The fourth-order valence-corrected chi connectivity index (χ4v) is 3.49. The molecule has 0 radical (unpaired) electrons. The van der Waals surface area contributed by atoms with Crippen molar-refractivity contribution in [1.82, 2.24) is 4.90 Å². The molecule has 3 rings (SSSR count). The third-order valence-electron chi connectivity index (χ3n) is 4.90. The molecular formula is C24H25NO5. The number of amides is 1. The Morgan fingerprint density at radius 2 is 1.83 bits per heavy atom. The molecule has 0 bridgehead atoms. The van der Waals surface area contributed by atoms with Gasteiger partial charge in [0.05, 0.1) is 11.6 Å². The molecule has 2 aromatic carbocycles. The summed E-state index contributed by atoms with van der Waals surface area (Å²) in [6, 6.07) is 15.3. The van der Waals surface area contributed by atoms with Gasteiger partial charge in [0.1, 0.15) is 18.1 Å². The van der Waals surface area contributed by atoms with Crippen LogP contribution in [0.5, 0.6) is 5.75 Å². The van der Waals surface area contributed by atoms with Crippen molar-refractivity contribution < 1.29 is 24.2 Å². The molecule has 1 heterocycles. The van der Waals surface area contributed by atoms with Crippen molar-refractivity contribution in [2.75, 3.05) is 26.9 Å². The molecule has 1 N–H and O–H groups in total. The summed E-state index contributed by atoms with van der Waals surface area (Å²) in [5.41, 5.74) is 1.29. The summed E-state index contributed by atoms with van der Waals surface area (Å²) in [6.45, 7) is 4.79. The van der Waals surface area contributed by atoms with Gasteiger partial charge in [0.2, 0.25) is 0 Å². The van der Waals surface area contributed by atoms with Crippen LogP contribution in [0, 0.1) is 0 Å². The van der Waals surface area contributed by atoms with Crippen LogP contribution in [0.1, 0.15) is 23.6 Å². The van der Waals surface area contributed by atoms with E-state index in [1.54, 1.807) is 37.5 Å². The topological polar surface area (TPSA) is 76.1 Å². The molecule has 6 heteroatoms. The first-order chi connectivity index (χ1) is 14.6. The zero-order valence-corrected chi connectivity index (χ0v) is 16.9. The van der Waals surface area contributed by atoms with Crippen LogP contribution in [-0.2, 0) is 14.3 Å². The van der Waals surface area contributed by atoms with Crippen LogP contribution in [-0.4, -0.2) is 48.6 Å². The maximum atomic E-state index is 12.9. The van der Waals surface area contributed by atoms with Crippen LogP contribution in [0.3, 0.4) is 0 Å². The number of hydrogen-bond donors (Lipinski definition) is 1. The number of hydrogen-bond acceptors (Lipinski definition) is 5.